The summed E-state index contributed by atoms with van der Waals surface area (Å²) in [5, 5.41) is 16.0. The van der Waals surface area contributed by atoms with Gasteiger partial charge in [-0.1, -0.05) is 48.0 Å². The lowest BCUT2D eigenvalue weighted by molar-refractivity contribution is -0.135. The Morgan fingerprint density at radius 1 is 1.26 bits per heavy atom. The van der Waals surface area contributed by atoms with E-state index in [0.29, 0.717) is 22.7 Å². The first kappa shape index (κ1) is 29.3. The molecule has 1 aromatic heterocycles. The first-order valence-electron chi connectivity index (χ1n) is 12.1. The van der Waals surface area contributed by atoms with E-state index in [1.165, 1.54) is 17.7 Å². The van der Waals surface area contributed by atoms with E-state index in [9.17, 15) is 27.9 Å². The Balaban J connectivity index is 1.86. The molecule has 7 nitrogen and oxygen atoms in total. The van der Waals surface area contributed by atoms with E-state index in [4.69, 9.17) is 11.6 Å². The number of benzene rings is 1. The van der Waals surface area contributed by atoms with Gasteiger partial charge in [-0.05, 0) is 36.1 Å². The van der Waals surface area contributed by atoms with Crippen molar-refractivity contribution in [3.8, 4) is 11.3 Å². The van der Waals surface area contributed by atoms with Gasteiger partial charge in [-0.2, -0.15) is 13.2 Å². The fourth-order valence-corrected chi connectivity index (χ4v) is 4.07. The molecule has 3 N–H and O–H groups in total. The number of aliphatic hydroxyl groups excluding tert-OH is 1. The monoisotopic (exact) mass is 550 g/mol. The minimum Gasteiger partial charge on any atom is -0.378 e. The summed E-state index contributed by atoms with van der Waals surface area (Å²) < 4.78 is 39.9. The quantitative estimate of drug-likeness (QED) is 0.362. The van der Waals surface area contributed by atoms with Gasteiger partial charge in [-0.3, -0.25) is 19.5 Å². The first-order chi connectivity index (χ1) is 18.0. The number of hydrogen-bond donors (Lipinski definition) is 3. The van der Waals surface area contributed by atoms with Crippen molar-refractivity contribution in [3.63, 3.8) is 0 Å². The Labute approximate surface area is 223 Å². The molecule has 2 aromatic rings. The second kappa shape index (κ2) is 13.5. The van der Waals surface area contributed by atoms with Gasteiger partial charge in [0.05, 0.1) is 12.2 Å². The molecule has 0 bridgehead atoms. The van der Waals surface area contributed by atoms with Crippen molar-refractivity contribution in [1.29, 1.82) is 0 Å². The Morgan fingerprint density at radius 3 is 2.68 bits per heavy atom. The summed E-state index contributed by atoms with van der Waals surface area (Å²) in [4.78, 5) is 29.2. The van der Waals surface area contributed by atoms with Crippen LogP contribution in [-0.2, 0) is 17.8 Å². The number of carbonyl (C=O) groups is 1. The fraction of sp³-hybridized carbons (Fsp3) is 0.370. The lowest BCUT2D eigenvalue weighted by atomic mass is 10.1. The maximum atomic E-state index is 13.2. The van der Waals surface area contributed by atoms with Crippen molar-refractivity contribution < 1.29 is 23.1 Å². The first-order valence-corrected chi connectivity index (χ1v) is 12.5. The van der Waals surface area contributed by atoms with Gasteiger partial charge in [-0.15, -0.1) is 0 Å². The van der Waals surface area contributed by atoms with Crippen LogP contribution in [0.3, 0.4) is 0 Å². The van der Waals surface area contributed by atoms with Crippen LogP contribution in [0.25, 0.3) is 11.3 Å². The number of aryl methyl sites for hydroxylation is 1. The standard InChI is InChI=1S/C27H30ClF3N4O3/c1-32-25(37)16-33-24(36)14-18-5-2-3-6-19(13-18)17-35-23(7-4-12-27(29,30)31)34-22(15-26(35)38)20-8-10-21(28)11-9-20/h2-3,5,8-11,13,15,24,33,36H,4,6-7,12,14,16-17H2,1H3,(H,32,37). The van der Waals surface area contributed by atoms with Crippen molar-refractivity contribution >= 4 is 17.5 Å². The molecule has 38 heavy (non-hydrogen) atoms. The van der Waals surface area contributed by atoms with Gasteiger partial charge in [0.25, 0.3) is 5.56 Å². The summed E-state index contributed by atoms with van der Waals surface area (Å²) in [7, 11) is 1.50. The van der Waals surface area contributed by atoms with E-state index in [0.717, 1.165) is 11.1 Å². The average molecular weight is 551 g/mol. The molecule has 0 spiro atoms. The van der Waals surface area contributed by atoms with Gasteiger partial charge < -0.3 is 10.4 Å². The number of nitrogens with zero attached hydrogens (tertiary/aromatic N) is 2. The van der Waals surface area contributed by atoms with Crippen molar-refractivity contribution in [2.75, 3.05) is 13.6 Å². The summed E-state index contributed by atoms with van der Waals surface area (Å²) in [5.74, 6) is 0.000586. The highest BCUT2D eigenvalue weighted by atomic mass is 35.5. The molecule has 3 rings (SSSR count). The van der Waals surface area contributed by atoms with Gasteiger partial charge in [0.1, 0.15) is 12.1 Å². The highest BCUT2D eigenvalue weighted by molar-refractivity contribution is 6.30. The Kier molecular flexibility index (Phi) is 10.5. The van der Waals surface area contributed by atoms with Crippen LogP contribution in [0.1, 0.15) is 31.5 Å². The maximum Gasteiger partial charge on any atom is 0.389 e. The lowest BCUT2D eigenvalue weighted by Crippen LogP contribution is -2.38. The number of rotatable bonds is 11. The number of amides is 1. The van der Waals surface area contributed by atoms with Crippen molar-refractivity contribution in [1.82, 2.24) is 20.2 Å². The summed E-state index contributed by atoms with van der Waals surface area (Å²) in [6.45, 7) is 0.0944. The summed E-state index contributed by atoms with van der Waals surface area (Å²) in [6.07, 6.45) is 1.65. The van der Waals surface area contributed by atoms with Gasteiger partial charge in [0.15, 0.2) is 0 Å². The third kappa shape index (κ3) is 9.27. The van der Waals surface area contributed by atoms with Crippen molar-refractivity contribution in [2.45, 2.75) is 51.1 Å². The molecule has 1 aliphatic carbocycles. The second-order valence-corrected chi connectivity index (χ2v) is 9.34. The second-order valence-electron chi connectivity index (χ2n) is 8.91. The van der Waals surface area contributed by atoms with Crippen molar-refractivity contribution in [3.05, 3.63) is 87.0 Å². The predicted octanol–water partition coefficient (Wildman–Crippen LogP) is 4.31. The van der Waals surface area contributed by atoms with Crippen LogP contribution in [0.15, 0.2) is 70.6 Å². The normalized spacial score (nSPS) is 14.5. The Hall–Kier alpha value is -3.21. The van der Waals surface area contributed by atoms with E-state index in [2.05, 4.69) is 15.6 Å². The number of likely N-dealkylation sites (N-methyl/N-ethyl adjacent to an activating group) is 1. The summed E-state index contributed by atoms with van der Waals surface area (Å²) >= 11 is 5.95. The zero-order valence-corrected chi connectivity index (χ0v) is 21.6. The van der Waals surface area contributed by atoms with E-state index >= 15 is 0 Å². The van der Waals surface area contributed by atoms with Gasteiger partial charge in [-0.25, -0.2) is 4.98 Å². The van der Waals surface area contributed by atoms with Gasteiger partial charge in [0, 0.05) is 49.5 Å². The van der Waals surface area contributed by atoms with E-state index in [-0.39, 0.29) is 49.6 Å². The Morgan fingerprint density at radius 2 is 2.00 bits per heavy atom. The highest BCUT2D eigenvalue weighted by Crippen LogP contribution is 2.24. The predicted molar refractivity (Wildman–Crippen MR) is 141 cm³/mol. The molecule has 1 atom stereocenters. The number of alkyl halides is 3. The third-order valence-corrected chi connectivity index (χ3v) is 6.12. The molecule has 1 aromatic carbocycles. The molecule has 1 aliphatic rings. The Bertz CT molecular complexity index is 1270. The zero-order valence-electron chi connectivity index (χ0n) is 20.9. The number of allylic oxidation sites excluding steroid dienone is 5. The number of halogens is 4. The van der Waals surface area contributed by atoms with Crippen molar-refractivity contribution in [2.24, 2.45) is 0 Å². The molecular weight excluding hydrogens is 521 g/mol. The van der Waals surface area contributed by atoms with Gasteiger partial charge in [0.2, 0.25) is 5.91 Å². The summed E-state index contributed by atoms with van der Waals surface area (Å²) in [5.41, 5.74) is 2.21. The number of nitrogens with one attached hydrogen (secondary N) is 2. The molecule has 0 aliphatic heterocycles. The molecular formula is C27H30ClF3N4O3. The largest absolute Gasteiger partial charge is 0.389 e. The molecule has 0 radical (unpaired) electrons. The van der Waals surface area contributed by atoms with Crippen LogP contribution in [0.5, 0.6) is 0 Å². The fourth-order valence-electron chi connectivity index (χ4n) is 3.94. The van der Waals surface area contributed by atoms with Crippen LogP contribution in [0.2, 0.25) is 5.02 Å². The van der Waals surface area contributed by atoms with Crippen LogP contribution in [0, 0.1) is 0 Å². The third-order valence-electron chi connectivity index (χ3n) is 5.87. The van der Waals surface area contributed by atoms with E-state index in [1.54, 1.807) is 24.3 Å². The van der Waals surface area contributed by atoms with Crippen LogP contribution in [-0.4, -0.2) is 46.6 Å². The summed E-state index contributed by atoms with van der Waals surface area (Å²) in [6, 6.07) is 8.08. The van der Waals surface area contributed by atoms with Gasteiger partial charge >= 0.3 is 6.18 Å². The van der Waals surface area contributed by atoms with Crippen LogP contribution >= 0.6 is 11.6 Å². The van der Waals surface area contributed by atoms with Crippen LogP contribution < -0.4 is 16.2 Å². The van der Waals surface area contributed by atoms with E-state index < -0.39 is 18.8 Å². The molecule has 0 saturated carbocycles. The zero-order chi connectivity index (χ0) is 27.7. The van der Waals surface area contributed by atoms with Crippen LogP contribution in [0.4, 0.5) is 13.2 Å². The molecule has 1 heterocycles. The number of carbonyl (C=O) groups excluding carboxylic acids is 1. The number of hydrogen-bond acceptors (Lipinski definition) is 5. The smallest absolute Gasteiger partial charge is 0.378 e. The maximum absolute atomic E-state index is 13.2. The minimum absolute atomic E-state index is 0.0237. The average Bonchev–Trinajstić information content (AvgIpc) is 3.08. The topological polar surface area (TPSA) is 96.2 Å². The highest BCUT2D eigenvalue weighted by Gasteiger charge is 2.26. The SMILES string of the molecule is CNC(=O)CNC(O)CC1=CC=CCC(Cn2c(CCCC(F)(F)F)nc(-c3ccc(Cl)cc3)cc2=O)=C1. The van der Waals surface area contributed by atoms with E-state index in [1.807, 2.05) is 24.3 Å². The molecule has 1 amide bonds. The molecule has 11 heteroatoms. The molecule has 1 unspecified atom stereocenters. The molecule has 0 saturated heterocycles. The minimum atomic E-state index is -4.31. The number of aromatic nitrogens is 2. The molecule has 0 fully saturated rings. The number of aliphatic hydroxyl groups is 1. The molecule has 204 valence electrons. The lowest BCUT2D eigenvalue weighted by Gasteiger charge is -2.17.